The predicted molar refractivity (Wildman–Crippen MR) is 131 cm³/mol. The summed E-state index contributed by atoms with van der Waals surface area (Å²) in [7, 11) is 0. The van der Waals surface area contributed by atoms with E-state index in [-0.39, 0.29) is 6.61 Å². The molecule has 1 rings (SSSR count). The zero-order chi connectivity index (χ0) is 53.8. The third kappa shape index (κ3) is 16.5. The molecule has 0 aliphatic carbocycles. The van der Waals surface area contributed by atoms with E-state index in [2.05, 4.69) is 28.4 Å². The molecule has 0 bridgehead atoms. The van der Waals surface area contributed by atoms with Crippen LogP contribution in [0.15, 0.2) is 0 Å². The second-order valence-corrected chi connectivity index (χ2v) is 11.6. The quantitative estimate of drug-likeness (QED) is 0.0867. The van der Waals surface area contributed by atoms with Crippen LogP contribution >= 0.6 is 0 Å². The second kappa shape index (κ2) is 21.1. The fourth-order valence-corrected chi connectivity index (χ4v) is 2.56. The molecule has 8 nitrogen and oxygen atoms in total. The largest absolute Gasteiger partial charge is 0.462 e. The summed E-state index contributed by atoms with van der Waals surface area (Å²) in [6.45, 7) is -10.2. The number of aliphatic hydroxyl groups is 2. The number of hydrogen-bond acceptors (Lipinski definition) is 8. The Balaban J connectivity index is 0. The summed E-state index contributed by atoms with van der Waals surface area (Å²) in [5.41, 5.74) is 0. The van der Waals surface area contributed by atoms with E-state index in [1.807, 2.05) is 0 Å². The lowest BCUT2D eigenvalue weighted by atomic mass is 10.2. The van der Waals surface area contributed by atoms with Crippen molar-refractivity contribution < 1.29 is 188 Å². The van der Waals surface area contributed by atoms with Gasteiger partial charge in [0.2, 0.25) is 0 Å². The summed E-state index contributed by atoms with van der Waals surface area (Å²) in [5, 5.41) is 16.6. The van der Waals surface area contributed by atoms with Crippen molar-refractivity contribution in [3.8, 4) is 0 Å². The third-order valence-electron chi connectivity index (χ3n) is 6.23. The normalized spacial score (nSPS) is 18.5. The van der Waals surface area contributed by atoms with Crippen LogP contribution in [0.5, 0.6) is 0 Å². The topological polar surface area (TPSA) is 99.1 Å². The SMILES string of the molecule is FC(OC(F)(F)C(F)(F)C(F)(F)F)C(F)(F)OCC1CO1.OC(COCC(F)(F)C(F)(F)C(F)(F)F)COC(F)(F)C(F)OC(F)(F)C(F)(F)C(F)(F)F.OCC(F)(F)C(F)(F)C(F)(F)F. The molecule has 1 fully saturated rings. The number of hydrogen-bond donors (Lipinski definition) is 2. The molecular formula is C24H18F34O8. The number of ether oxygens (including phenoxy) is 6. The second-order valence-electron chi connectivity index (χ2n) is 11.6. The maximum atomic E-state index is 13.1. The van der Waals surface area contributed by atoms with Gasteiger partial charge in [0.15, 0.2) is 0 Å². The highest BCUT2D eigenvalue weighted by Gasteiger charge is 2.78. The maximum Gasteiger partial charge on any atom is 0.462 e. The lowest BCUT2D eigenvalue weighted by Gasteiger charge is -2.30. The Bertz CT molecular complexity index is 1470. The molecule has 1 heterocycles. The molecule has 400 valence electrons. The van der Waals surface area contributed by atoms with E-state index in [9.17, 15) is 149 Å². The van der Waals surface area contributed by atoms with Crippen LogP contribution in [0.4, 0.5) is 149 Å². The van der Waals surface area contributed by atoms with Crippen molar-refractivity contribution in [2.45, 2.75) is 110 Å². The third-order valence-corrected chi connectivity index (χ3v) is 6.23. The smallest absolute Gasteiger partial charge is 0.390 e. The minimum absolute atomic E-state index is 0.0454. The molecule has 2 N–H and O–H groups in total. The van der Waals surface area contributed by atoms with Crippen LogP contribution in [0, 0.1) is 0 Å². The van der Waals surface area contributed by atoms with E-state index in [1.54, 1.807) is 0 Å². The molecule has 1 saturated heterocycles. The van der Waals surface area contributed by atoms with Crippen LogP contribution in [-0.4, -0.2) is 159 Å². The van der Waals surface area contributed by atoms with Gasteiger partial charge >= 0.3 is 84.7 Å². The van der Waals surface area contributed by atoms with Crippen LogP contribution in [0.1, 0.15) is 0 Å². The molecule has 0 amide bonds. The molecule has 1 aliphatic heterocycles. The Morgan fingerprint density at radius 1 is 0.455 bits per heavy atom. The van der Waals surface area contributed by atoms with Crippen LogP contribution in [0.2, 0.25) is 0 Å². The molecule has 42 heteroatoms. The molecule has 0 radical (unpaired) electrons. The van der Waals surface area contributed by atoms with E-state index in [0.717, 1.165) is 0 Å². The van der Waals surface area contributed by atoms with E-state index in [0.29, 0.717) is 0 Å². The van der Waals surface area contributed by atoms with Crippen LogP contribution in [0.3, 0.4) is 0 Å². The number of epoxide rings is 1. The van der Waals surface area contributed by atoms with Crippen LogP contribution in [-0.2, 0) is 28.4 Å². The summed E-state index contributed by atoms with van der Waals surface area (Å²) >= 11 is 0. The van der Waals surface area contributed by atoms with Crippen LogP contribution < -0.4 is 0 Å². The molecule has 1 aliphatic rings. The van der Waals surface area contributed by atoms with E-state index >= 15 is 0 Å². The van der Waals surface area contributed by atoms with Gasteiger partial charge < -0.3 is 29.2 Å². The minimum atomic E-state index is -7.17. The van der Waals surface area contributed by atoms with Crippen molar-refractivity contribution in [1.29, 1.82) is 0 Å². The van der Waals surface area contributed by atoms with E-state index in [4.69, 9.17) is 10.2 Å². The number of aliphatic hydroxyl groups excluding tert-OH is 2. The highest BCUT2D eigenvalue weighted by molar-refractivity contribution is 4.92. The average Bonchev–Trinajstić information content (AvgIpc) is 3.92. The average molecular weight is 1080 g/mol. The number of rotatable bonds is 21. The predicted octanol–water partition coefficient (Wildman–Crippen LogP) is 9.82. The minimum Gasteiger partial charge on any atom is -0.390 e. The Labute approximate surface area is 338 Å². The molecule has 0 aromatic rings. The first-order chi connectivity index (χ1) is 28.5. The summed E-state index contributed by atoms with van der Waals surface area (Å²) < 4.78 is 433. The van der Waals surface area contributed by atoms with Gasteiger partial charge in [-0.25, -0.2) is 8.78 Å². The molecule has 0 spiro atoms. The summed E-state index contributed by atoms with van der Waals surface area (Å²) in [5.74, 6) is -38.3. The van der Waals surface area contributed by atoms with Gasteiger partial charge in [0.25, 0.3) is 12.7 Å². The fourth-order valence-electron chi connectivity index (χ4n) is 2.56. The van der Waals surface area contributed by atoms with Gasteiger partial charge in [-0.2, -0.15) is 140 Å². The molecule has 0 aromatic heterocycles. The van der Waals surface area contributed by atoms with Crippen molar-refractivity contribution in [3.05, 3.63) is 0 Å². The van der Waals surface area contributed by atoms with Crippen molar-refractivity contribution in [3.63, 3.8) is 0 Å². The highest BCUT2D eigenvalue weighted by Crippen LogP contribution is 2.51. The highest BCUT2D eigenvalue weighted by atomic mass is 19.5. The molecular weight excluding hydrogens is 1060 g/mol. The van der Waals surface area contributed by atoms with Gasteiger partial charge in [0.1, 0.15) is 25.4 Å². The van der Waals surface area contributed by atoms with Gasteiger partial charge in [-0.3, -0.25) is 9.47 Å². The van der Waals surface area contributed by atoms with Gasteiger partial charge in [0.05, 0.1) is 26.4 Å². The first-order valence-corrected chi connectivity index (χ1v) is 14.9. The Morgan fingerprint density at radius 2 is 0.758 bits per heavy atom. The Hall–Kier alpha value is -2.70. The molecule has 0 aromatic carbocycles. The van der Waals surface area contributed by atoms with Gasteiger partial charge in [0, 0.05) is 0 Å². The summed E-state index contributed by atoms with van der Waals surface area (Å²) in [4.78, 5) is 0. The van der Waals surface area contributed by atoms with Gasteiger partial charge in [-0.15, -0.1) is 0 Å². The number of halogens is 34. The van der Waals surface area contributed by atoms with Crippen molar-refractivity contribution in [2.24, 2.45) is 0 Å². The first-order valence-electron chi connectivity index (χ1n) is 14.9. The van der Waals surface area contributed by atoms with E-state index in [1.165, 1.54) is 0 Å². The first kappa shape index (κ1) is 65.4. The Morgan fingerprint density at radius 3 is 1.03 bits per heavy atom. The van der Waals surface area contributed by atoms with E-state index < -0.39 is 143 Å². The zero-order valence-corrected chi connectivity index (χ0v) is 29.7. The standard InChI is InChI=1S/C12H9F17O4.C8H6F10O3.C4H3F7O/c13-5(33-12(28,29)9(20,21)11(25,26)27)7(16,17)32-2-4(30)1-31-3-6(14,15)8(18,19)10(22,23)24;9-4(5(10,11)20-2-3-1-19-3)21-8(17,18)6(12,13)7(14,15)16;5-2(6,1-12)3(7,8)4(9,10)11/h4-5,30H,1-3H2;3-4H,1-2H2;12H,1H2. The fraction of sp³-hybridized carbons (Fsp3) is 1.00. The van der Waals surface area contributed by atoms with Crippen molar-refractivity contribution in [2.75, 3.05) is 39.6 Å². The molecule has 0 saturated carbocycles. The molecule has 4 atom stereocenters. The van der Waals surface area contributed by atoms with Crippen LogP contribution in [0.25, 0.3) is 0 Å². The monoisotopic (exact) mass is 1080 g/mol. The lowest BCUT2D eigenvalue weighted by molar-refractivity contribution is -0.465. The van der Waals surface area contributed by atoms with Crippen molar-refractivity contribution >= 4 is 0 Å². The number of alkyl halides is 34. The zero-order valence-electron chi connectivity index (χ0n) is 29.7. The molecule has 66 heavy (non-hydrogen) atoms. The lowest BCUT2D eigenvalue weighted by Crippen LogP contribution is -2.56. The maximum absolute atomic E-state index is 13.1. The van der Waals surface area contributed by atoms with Gasteiger partial charge in [-0.05, 0) is 0 Å². The Kier molecular flexibility index (Phi) is 20.9. The summed E-state index contributed by atoms with van der Waals surface area (Å²) in [6, 6.07) is 0. The van der Waals surface area contributed by atoms with Crippen molar-refractivity contribution in [1.82, 2.24) is 0 Å². The molecule has 4 unspecified atom stereocenters. The van der Waals surface area contributed by atoms with Gasteiger partial charge in [-0.1, -0.05) is 0 Å². The summed E-state index contributed by atoms with van der Waals surface area (Å²) in [6.07, 6.45) is -64.7.